The largest absolute Gasteiger partial charge is 0.203 e. The van der Waals surface area contributed by atoms with Crippen LogP contribution in [0.25, 0.3) is 10.8 Å². The predicted octanol–water partition coefficient (Wildman–Crippen LogP) is 7.61. The number of unbranched alkanes of at least 4 members (excludes halogenated alkanes) is 1. The molecule has 0 spiro atoms. The van der Waals surface area contributed by atoms with E-state index in [4.69, 9.17) is 0 Å². The van der Waals surface area contributed by atoms with Crippen LogP contribution in [0.1, 0.15) is 76.2 Å². The molecule has 2 heteroatoms. The number of hydrogen-bond acceptors (Lipinski definition) is 0. The maximum Gasteiger partial charge on any atom is 0.166 e. The maximum absolute atomic E-state index is 14.8. The summed E-state index contributed by atoms with van der Waals surface area (Å²) in [4.78, 5) is 0. The monoisotopic (exact) mass is 356 g/mol. The van der Waals surface area contributed by atoms with E-state index >= 15 is 0 Å². The zero-order valence-corrected chi connectivity index (χ0v) is 15.8. The van der Waals surface area contributed by atoms with Gasteiger partial charge in [0.2, 0.25) is 0 Å². The summed E-state index contributed by atoms with van der Waals surface area (Å²) >= 11 is 0. The van der Waals surface area contributed by atoms with Crippen molar-refractivity contribution in [3.63, 3.8) is 0 Å². The molecule has 0 heterocycles. The molecule has 0 aliphatic heterocycles. The van der Waals surface area contributed by atoms with E-state index in [0.29, 0.717) is 16.9 Å². The Morgan fingerprint density at radius 2 is 1.69 bits per heavy atom. The van der Waals surface area contributed by atoms with Crippen LogP contribution < -0.4 is 0 Å². The Morgan fingerprint density at radius 1 is 0.923 bits per heavy atom. The van der Waals surface area contributed by atoms with Crippen LogP contribution in [0.4, 0.5) is 8.78 Å². The fourth-order valence-electron chi connectivity index (χ4n) is 5.62. The van der Waals surface area contributed by atoms with Crippen LogP contribution in [-0.2, 0) is 0 Å². The average molecular weight is 357 g/mol. The number of halogens is 2. The minimum Gasteiger partial charge on any atom is -0.203 e. The van der Waals surface area contributed by atoms with Gasteiger partial charge >= 0.3 is 0 Å². The van der Waals surface area contributed by atoms with Crippen LogP contribution in [0, 0.1) is 29.4 Å². The Labute approximate surface area is 156 Å². The Kier molecular flexibility index (Phi) is 5.29. The third-order valence-corrected chi connectivity index (χ3v) is 7.08. The first kappa shape index (κ1) is 17.9. The van der Waals surface area contributed by atoms with Gasteiger partial charge in [-0.15, -0.1) is 0 Å². The molecule has 0 amide bonds. The molecule has 2 aliphatic rings. The van der Waals surface area contributed by atoms with Gasteiger partial charge in [-0.05, 0) is 72.8 Å². The minimum atomic E-state index is -0.663. The van der Waals surface area contributed by atoms with Crippen molar-refractivity contribution in [2.45, 2.75) is 70.6 Å². The van der Waals surface area contributed by atoms with Crippen LogP contribution in [0.2, 0.25) is 0 Å². The number of hydrogen-bond donors (Lipinski definition) is 0. The molecule has 0 saturated heterocycles. The normalized spacial score (nSPS) is 28.9. The molecule has 0 N–H and O–H groups in total. The van der Waals surface area contributed by atoms with Crippen molar-refractivity contribution in [1.82, 2.24) is 0 Å². The third-order valence-electron chi connectivity index (χ3n) is 7.08. The Morgan fingerprint density at radius 3 is 2.54 bits per heavy atom. The molecule has 26 heavy (non-hydrogen) atoms. The lowest BCUT2D eigenvalue weighted by Gasteiger charge is -2.42. The van der Waals surface area contributed by atoms with E-state index in [-0.39, 0.29) is 5.92 Å². The fourth-order valence-corrected chi connectivity index (χ4v) is 5.62. The van der Waals surface area contributed by atoms with Gasteiger partial charge in [0, 0.05) is 5.39 Å². The number of fused-ring (bicyclic) bond motifs is 2. The van der Waals surface area contributed by atoms with Gasteiger partial charge in [-0.1, -0.05) is 56.9 Å². The van der Waals surface area contributed by atoms with Crippen LogP contribution in [0.15, 0.2) is 30.3 Å². The van der Waals surface area contributed by atoms with Crippen molar-refractivity contribution in [3.05, 3.63) is 47.5 Å². The van der Waals surface area contributed by atoms with Gasteiger partial charge in [0.15, 0.2) is 11.6 Å². The topological polar surface area (TPSA) is 0 Å². The Hall–Kier alpha value is -1.44. The summed E-state index contributed by atoms with van der Waals surface area (Å²) in [5.41, 5.74) is 0.618. The van der Waals surface area contributed by atoms with Gasteiger partial charge in [0.25, 0.3) is 0 Å². The van der Waals surface area contributed by atoms with Gasteiger partial charge in [-0.3, -0.25) is 0 Å². The smallest absolute Gasteiger partial charge is 0.166 e. The summed E-state index contributed by atoms with van der Waals surface area (Å²) < 4.78 is 29.3. The van der Waals surface area contributed by atoms with Gasteiger partial charge in [0.05, 0.1) is 0 Å². The van der Waals surface area contributed by atoms with Gasteiger partial charge in [0.1, 0.15) is 0 Å². The van der Waals surface area contributed by atoms with E-state index in [1.54, 1.807) is 12.1 Å². The van der Waals surface area contributed by atoms with Crippen molar-refractivity contribution < 1.29 is 8.78 Å². The molecule has 2 aromatic carbocycles. The predicted molar refractivity (Wildman–Crippen MR) is 104 cm³/mol. The Balaban J connectivity index is 1.51. The highest BCUT2D eigenvalue weighted by Crippen LogP contribution is 2.49. The SMILES string of the molecule is CCCCC1CCC2CC(c3cc4ccccc4c(F)c3F)CCC2C1. The van der Waals surface area contributed by atoms with Gasteiger partial charge in [-0.25, -0.2) is 8.78 Å². The lowest BCUT2D eigenvalue weighted by atomic mass is 9.63. The number of rotatable bonds is 4. The summed E-state index contributed by atoms with van der Waals surface area (Å²) in [6.45, 7) is 2.27. The average Bonchev–Trinajstić information content (AvgIpc) is 2.68. The molecule has 2 saturated carbocycles. The highest BCUT2D eigenvalue weighted by molar-refractivity contribution is 5.84. The maximum atomic E-state index is 14.8. The Bertz CT molecular complexity index is 766. The van der Waals surface area contributed by atoms with E-state index in [9.17, 15) is 8.78 Å². The molecule has 140 valence electrons. The van der Waals surface area contributed by atoms with Crippen molar-refractivity contribution in [3.8, 4) is 0 Å². The zero-order valence-electron chi connectivity index (χ0n) is 15.8. The third kappa shape index (κ3) is 3.40. The first-order chi connectivity index (χ1) is 12.7. The summed E-state index contributed by atoms with van der Waals surface area (Å²) in [6.07, 6.45) is 11.3. The first-order valence-electron chi connectivity index (χ1n) is 10.5. The van der Waals surface area contributed by atoms with Crippen molar-refractivity contribution in [2.24, 2.45) is 17.8 Å². The molecule has 0 aromatic heterocycles. The van der Waals surface area contributed by atoms with Crippen LogP contribution >= 0.6 is 0 Å². The molecule has 0 bridgehead atoms. The number of benzene rings is 2. The highest BCUT2D eigenvalue weighted by Gasteiger charge is 2.36. The quantitative estimate of drug-likeness (QED) is 0.529. The molecule has 4 rings (SSSR count). The standard InChI is InChI=1S/C24H30F2/c1-2-3-6-16-9-10-18-14-20(12-11-17(18)13-16)22-15-19-7-4-5-8-21(19)23(25)24(22)26/h4-5,7-8,15-18,20H,2-3,6,9-14H2,1H3. The van der Waals surface area contributed by atoms with E-state index < -0.39 is 11.6 Å². The van der Waals surface area contributed by atoms with E-state index in [0.717, 1.165) is 30.1 Å². The lowest BCUT2D eigenvalue weighted by Crippen LogP contribution is -2.30. The summed E-state index contributed by atoms with van der Waals surface area (Å²) in [6, 6.07) is 9.15. The molecule has 2 aliphatic carbocycles. The van der Waals surface area contributed by atoms with Crippen molar-refractivity contribution in [2.75, 3.05) is 0 Å². The summed E-state index contributed by atoms with van der Waals surface area (Å²) in [5.74, 6) is 1.34. The van der Waals surface area contributed by atoms with E-state index in [1.807, 2.05) is 18.2 Å². The van der Waals surface area contributed by atoms with Crippen LogP contribution in [0.3, 0.4) is 0 Å². The molecule has 4 atom stereocenters. The minimum absolute atomic E-state index is 0.183. The highest BCUT2D eigenvalue weighted by atomic mass is 19.2. The van der Waals surface area contributed by atoms with Crippen LogP contribution in [-0.4, -0.2) is 0 Å². The first-order valence-corrected chi connectivity index (χ1v) is 10.5. The van der Waals surface area contributed by atoms with Gasteiger partial charge < -0.3 is 0 Å². The molecule has 2 fully saturated rings. The van der Waals surface area contributed by atoms with Crippen molar-refractivity contribution in [1.29, 1.82) is 0 Å². The van der Waals surface area contributed by atoms with Gasteiger partial charge in [-0.2, -0.15) is 0 Å². The zero-order chi connectivity index (χ0) is 18.1. The van der Waals surface area contributed by atoms with Crippen LogP contribution in [0.5, 0.6) is 0 Å². The summed E-state index contributed by atoms with van der Waals surface area (Å²) in [5, 5.41) is 1.23. The summed E-state index contributed by atoms with van der Waals surface area (Å²) in [7, 11) is 0. The second-order valence-electron chi connectivity index (χ2n) is 8.67. The molecule has 0 nitrogen and oxygen atoms in total. The molecule has 2 aromatic rings. The molecule has 0 radical (unpaired) electrons. The lowest BCUT2D eigenvalue weighted by molar-refractivity contribution is 0.112. The van der Waals surface area contributed by atoms with E-state index in [2.05, 4.69) is 6.92 Å². The molecular formula is C24H30F2. The van der Waals surface area contributed by atoms with E-state index in [1.165, 1.54) is 44.9 Å². The second kappa shape index (κ2) is 7.66. The molecule has 4 unspecified atom stereocenters. The second-order valence-corrected chi connectivity index (χ2v) is 8.67. The van der Waals surface area contributed by atoms with Crippen molar-refractivity contribution >= 4 is 10.8 Å². The fraction of sp³-hybridized carbons (Fsp3) is 0.583. The molecular weight excluding hydrogens is 326 g/mol.